The molecule has 0 aromatic heterocycles. The Morgan fingerprint density at radius 2 is 2.00 bits per heavy atom. The van der Waals surface area contributed by atoms with E-state index >= 15 is 0 Å². The number of carboxylic acid groups (broad SMARTS) is 1. The summed E-state index contributed by atoms with van der Waals surface area (Å²) in [4.78, 5) is 21.6. The number of hydrazine groups is 1. The molecule has 0 aliphatic heterocycles. The number of hydrogen-bond donors (Lipinski definition) is 4. The van der Waals surface area contributed by atoms with E-state index in [1.54, 1.807) is 24.3 Å². The lowest BCUT2D eigenvalue weighted by atomic mass is 10.1. The number of carbonyl (C=O) groups excluding carboxylic acids is 1. The van der Waals surface area contributed by atoms with Crippen LogP contribution in [0.25, 0.3) is 0 Å². The molecule has 0 heterocycles. The number of nitrogens with two attached hydrogens (primary N) is 1. The van der Waals surface area contributed by atoms with Crippen molar-refractivity contribution in [3.8, 4) is 6.07 Å². The van der Waals surface area contributed by atoms with Crippen LogP contribution in [-0.2, 0) is 9.59 Å². The first-order valence-electron chi connectivity index (χ1n) is 5.55. The lowest BCUT2D eigenvalue weighted by Gasteiger charge is -2.15. The first-order chi connectivity index (χ1) is 9.02. The fraction of sp³-hybridized carbons (Fsp3) is 0.250. The maximum Gasteiger partial charge on any atom is 0.322 e. The van der Waals surface area contributed by atoms with Crippen LogP contribution in [0, 0.1) is 11.3 Å². The van der Waals surface area contributed by atoms with Crippen LogP contribution in [0.5, 0.6) is 0 Å². The summed E-state index contributed by atoms with van der Waals surface area (Å²) in [6.07, 6.45) is 0.0764. The SMILES string of the molecule is N#Cc1ccc(NN[C@@H](CCC(N)=O)C(=O)O)cc1. The maximum atomic E-state index is 10.9. The molecule has 0 radical (unpaired) electrons. The second-order valence-electron chi connectivity index (χ2n) is 3.85. The second-order valence-corrected chi connectivity index (χ2v) is 3.85. The number of nitrogens with one attached hydrogen (secondary N) is 2. The fourth-order valence-electron chi connectivity index (χ4n) is 1.34. The molecule has 1 aromatic rings. The monoisotopic (exact) mass is 262 g/mol. The van der Waals surface area contributed by atoms with Crippen LogP contribution in [-0.4, -0.2) is 23.0 Å². The molecule has 0 spiro atoms. The Labute approximate surface area is 110 Å². The molecule has 1 amide bonds. The molecule has 100 valence electrons. The summed E-state index contributed by atoms with van der Waals surface area (Å²) in [6.45, 7) is 0. The molecule has 0 saturated carbocycles. The Bertz CT molecular complexity index is 493. The molecule has 0 saturated heterocycles. The highest BCUT2D eigenvalue weighted by Crippen LogP contribution is 2.08. The minimum Gasteiger partial charge on any atom is -0.480 e. The number of rotatable bonds is 7. The van der Waals surface area contributed by atoms with Crippen LogP contribution in [0.15, 0.2) is 24.3 Å². The van der Waals surface area contributed by atoms with E-state index in [0.29, 0.717) is 11.3 Å². The van der Waals surface area contributed by atoms with Gasteiger partial charge in [0.1, 0.15) is 6.04 Å². The van der Waals surface area contributed by atoms with Gasteiger partial charge in [-0.05, 0) is 30.7 Å². The van der Waals surface area contributed by atoms with Gasteiger partial charge in [0.15, 0.2) is 0 Å². The van der Waals surface area contributed by atoms with E-state index < -0.39 is 17.9 Å². The average molecular weight is 262 g/mol. The number of carbonyl (C=O) groups is 2. The normalized spacial score (nSPS) is 11.3. The van der Waals surface area contributed by atoms with Crippen molar-refractivity contribution in [3.63, 3.8) is 0 Å². The van der Waals surface area contributed by atoms with E-state index in [-0.39, 0.29) is 12.8 Å². The number of aliphatic carboxylic acids is 1. The Hall–Kier alpha value is -2.59. The van der Waals surface area contributed by atoms with Crippen LogP contribution in [0.1, 0.15) is 18.4 Å². The summed E-state index contributed by atoms with van der Waals surface area (Å²) in [5.41, 5.74) is 11.4. The molecule has 7 nitrogen and oxygen atoms in total. The van der Waals surface area contributed by atoms with Crippen molar-refractivity contribution in [3.05, 3.63) is 29.8 Å². The minimum absolute atomic E-state index is 0.0149. The summed E-state index contributed by atoms with van der Waals surface area (Å²) in [6, 6.07) is 7.52. The Morgan fingerprint density at radius 1 is 1.37 bits per heavy atom. The van der Waals surface area contributed by atoms with Gasteiger partial charge in [0, 0.05) is 12.1 Å². The number of carboxylic acids is 1. The first-order valence-corrected chi connectivity index (χ1v) is 5.55. The molecular weight excluding hydrogens is 248 g/mol. The van der Waals surface area contributed by atoms with Gasteiger partial charge in [0.05, 0.1) is 11.6 Å². The van der Waals surface area contributed by atoms with Crippen molar-refractivity contribution >= 4 is 17.6 Å². The first kappa shape index (κ1) is 14.5. The largest absolute Gasteiger partial charge is 0.480 e. The van der Waals surface area contributed by atoms with Crippen LogP contribution in [0.2, 0.25) is 0 Å². The fourth-order valence-corrected chi connectivity index (χ4v) is 1.34. The summed E-state index contributed by atoms with van der Waals surface area (Å²) in [5, 5.41) is 17.6. The molecule has 5 N–H and O–H groups in total. The Morgan fingerprint density at radius 3 is 2.47 bits per heavy atom. The molecule has 0 unspecified atom stereocenters. The third kappa shape index (κ3) is 5.06. The van der Waals surface area contributed by atoms with Gasteiger partial charge in [0.2, 0.25) is 5.91 Å². The van der Waals surface area contributed by atoms with Gasteiger partial charge in [-0.2, -0.15) is 5.26 Å². The number of nitrogens with zero attached hydrogens (tertiary/aromatic N) is 1. The highest BCUT2D eigenvalue weighted by Gasteiger charge is 2.17. The molecule has 1 aromatic carbocycles. The topological polar surface area (TPSA) is 128 Å². The smallest absolute Gasteiger partial charge is 0.322 e. The Kier molecular flexibility index (Phi) is 5.32. The highest BCUT2D eigenvalue weighted by atomic mass is 16.4. The number of hydrogen-bond acceptors (Lipinski definition) is 5. The van der Waals surface area contributed by atoms with Crippen LogP contribution >= 0.6 is 0 Å². The third-order valence-electron chi connectivity index (χ3n) is 2.38. The zero-order valence-electron chi connectivity index (χ0n) is 10.1. The molecule has 0 fully saturated rings. The minimum atomic E-state index is -1.08. The van der Waals surface area contributed by atoms with Crippen molar-refractivity contribution in [1.82, 2.24) is 5.43 Å². The number of benzene rings is 1. The van der Waals surface area contributed by atoms with Gasteiger partial charge in [0.25, 0.3) is 0 Å². The summed E-state index contributed by atoms with van der Waals surface area (Å²) >= 11 is 0. The van der Waals surface area contributed by atoms with Crippen molar-refractivity contribution in [2.45, 2.75) is 18.9 Å². The summed E-state index contributed by atoms with van der Waals surface area (Å²) in [5.74, 6) is -1.63. The molecule has 19 heavy (non-hydrogen) atoms. The van der Waals surface area contributed by atoms with E-state index in [1.807, 2.05) is 6.07 Å². The zero-order valence-corrected chi connectivity index (χ0v) is 10.1. The van der Waals surface area contributed by atoms with E-state index in [4.69, 9.17) is 16.1 Å². The molecule has 7 heteroatoms. The van der Waals surface area contributed by atoms with E-state index in [0.717, 1.165) is 0 Å². The van der Waals surface area contributed by atoms with Gasteiger partial charge in [-0.15, -0.1) is 0 Å². The van der Waals surface area contributed by atoms with Gasteiger partial charge >= 0.3 is 5.97 Å². The third-order valence-corrected chi connectivity index (χ3v) is 2.38. The molecule has 1 atom stereocenters. The number of amides is 1. The van der Waals surface area contributed by atoms with Gasteiger partial charge in [-0.25, -0.2) is 5.43 Å². The highest BCUT2D eigenvalue weighted by molar-refractivity contribution is 5.77. The van der Waals surface area contributed by atoms with E-state index in [9.17, 15) is 9.59 Å². The molecular formula is C12H14N4O3. The summed E-state index contributed by atoms with van der Waals surface area (Å²) in [7, 11) is 0. The molecule has 0 aliphatic rings. The predicted octanol–water partition coefficient (Wildman–Crippen LogP) is 0.193. The van der Waals surface area contributed by atoms with Gasteiger partial charge in [-0.3, -0.25) is 9.59 Å². The van der Waals surface area contributed by atoms with E-state index in [2.05, 4.69) is 10.9 Å². The lowest BCUT2D eigenvalue weighted by Crippen LogP contribution is -2.41. The van der Waals surface area contributed by atoms with Crippen molar-refractivity contribution in [1.29, 1.82) is 5.26 Å². The predicted molar refractivity (Wildman–Crippen MR) is 67.8 cm³/mol. The quantitative estimate of drug-likeness (QED) is 0.519. The number of primary amides is 1. The molecule has 0 bridgehead atoms. The summed E-state index contributed by atoms with van der Waals surface area (Å²) < 4.78 is 0. The van der Waals surface area contributed by atoms with Crippen molar-refractivity contribution in [2.24, 2.45) is 5.73 Å². The van der Waals surface area contributed by atoms with Gasteiger partial charge in [-0.1, -0.05) is 0 Å². The van der Waals surface area contributed by atoms with Crippen molar-refractivity contribution in [2.75, 3.05) is 5.43 Å². The number of nitriles is 1. The van der Waals surface area contributed by atoms with Gasteiger partial charge < -0.3 is 16.3 Å². The lowest BCUT2D eigenvalue weighted by molar-refractivity contribution is -0.139. The second kappa shape index (κ2) is 6.98. The molecule has 0 aliphatic carbocycles. The van der Waals surface area contributed by atoms with Crippen LogP contribution < -0.4 is 16.6 Å². The Balaban J connectivity index is 2.53. The van der Waals surface area contributed by atoms with Crippen molar-refractivity contribution < 1.29 is 14.7 Å². The maximum absolute atomic E-state index is 10.9. The molecule has 1 rings (SSSR count). The number of anilines is 1. The van der Waals surface area contributed by atoms with E-state index in [1.165, 1.54) is 0 Å². The average Bonchev–Trinajstić information content (AvgIpc) is 2.38. The van der Waals surface area contributed by atoms with Crippen LogP contribution in [0.3, 0.4) is 0 Å². The zero-order chi connectivity index (χ0) is 14.3. The standard InChI is InChI=1S/C12H14N4O3/c13-7-8-1-3-9(4-2-8)15-16-10(12(18)19)5-6-11(14)17/h1-4,10,15-16H,5-6H2,(H2,14,17)(H,18,19)/t10-/m0/s1. The van der Waals surface area contributed by atoms with Crippen LogP contribution in [0.4, 0.5) is 5.69 Å².